The van der Waals surface area contributed by atoms with Crippen LogP contribution >= 0.6 is 0 Å². The maximum absolute atomic E-state index is 13.2. The van der Waals surface area contributed by atoms with Crippen LogP contribution in [0.3, 0.4) is 0 Å². The van der Waals surface area contributed by atoms with Gasteiger partial charge in [0.05, 0.1) is 6.04 Å². The highest BCUT2D eigenvalue weighted by Gasteiger charge is 2.26. The Labute approximate surface area is 132 Å². The number of hydrogen-bond acceptors (Lipinski definition) is 2. The monoisotopic (exact) mass is 304 g/mol. The summed E-state index contributed by atoms with van der Waals surface area (Å²) in [6.45, 7) is 7.91. The normalized spacial score (nSPS) is 17.9. The van der Waals surface area contributed by atoms with Gasteiger partial charge in [0.15, 0.2) is 0 Å². The molecule has 1 N–H and O–H groups in total. The summed E-state index contributed by atoms with van der Waals surface area (Å²) in [5, 5.41) is 2.85. The van der Waals surface area contributed by atoms with Crippen LogP contribution in [0.15, 0.2) is 36.9 Å². The Morgan fingerprint density at radius 1 is 1.50 bits per heavy atom. The number of benzene rings is 1. The van der Waals surface area contributed by atoms with E-state index in [0.29, 0.717) is 12.5 Å². The first-order valence-corrected chi connectivity index (χ1v) is 7.97. The number of carbonyl (C=O) groups excluding carboxylic acids is 1. The highest BCUT2D eigenvalue weighted by Crippen LogP contribution is 2.23. The summed E-state index contributed by atoms with van der Waals surface area (Å²) in [6.07, 6.45) is 4.71. The van der Waals surface area contributed by atoms with Crippen molar-refractivity contribution in [1.82, 2.24) is 10.2 Å². The number of nitrogens with one attached hydrogen (secondary N) is 1. The molecule has 22 heavy (non-hydrogen) atoms. The van der Waals surface area contributed by atoms with Crippen LogP contribution in [0.4, 0.5) is 4.39 Å². The third kappa shape index (κ3) is 4.67. The van der Waals surface area contributed by atoms with Crippen LogP contribution in [0, 0.1) is 11.7 Å². The van der Waals surface area contributed by atoms with Crippen molar-refractivity contribution in [3.05, 3.63) is 48.3 Å². The van der Waals surface area contributed by atoms with Crippen LogP contribution in [0.5, 0.6) is 0 Å². The van der Waals surface area contributed by atoms with E-state index >= 15 is 0 Å². The van der Waals surface area contributed by atoms with Crippen LogP contribution in [-0.4, -0.2) is 36.5 Å². The highest BCUT2D eigenvalue weighted by molar-refractivity contribution is 5.81. The van der Waals surface area contributed by atoms with Crippen molar-refractivity contribution in [2.75, 3.05) is 19.6 Å². The van der Waals surface area contributed by atoms with Crippen molar-refractivity contribution < 1.29 is 9.18 Å². The third-order valence-corrected chi connectivity index (χ3v) is 4.41. The van der Waals surface area contributed by atoms with Gasteiger partial charge in [-0.25, -0.2) is 4.39 Å². The van der Waals surface area contributed by atoms with E-state index in [2.05, 4.69) is 16.8 Å². The van der Waals surface area contributed by atoms with Crippen LogP contribution < -0.4 is 5.32 Å². The van der Waals surface area contributed by atoms with E-state index in [1.165, 1.54) is 6.07 Å². The zero-order chi connectivity index (χ0) is 15.9. The fraction of sp³-hybridized carbons (Fsp3) is 0.500. The molecule has 3 nitrogen and oxygen atoms in total. The molecule has 1 aromatic carbocycles. The van der Waals surface area contributed by atoms with Gasteiger partial charge in [-0.1, -0.05) is 18.2 Å². The first-order chi connectivity index (χ1) is 10.6. The summed E-state index contributed by atoms with van der Waals surface area (Å²) in [7, 11) is 0. The Morgan fingerprint density at radius 2 is 2.23 bits per heavy atom. The molecule has 1 amide bonds. The van der Waals surface area contributed by atoms with Crippen molar-refractivity contribution in [3.63, 3.8) is 0 Å². The molecule has 1 saturated heterocycles. The van der Waals surface area contributed by atoms with Gasteiger partial charge in [-0.2, -0.15) is 0 Å². The van der Waals surface area contributed by atoms with E-state index < -0.39 is 0 Å². The first kappa shape index (κ1) is 16.7. The maximum Gasteiger partial charge on any atom is 0.237 e. The minimum absolute atomic E-state index is 0.0588. The van der Waals surface area contributed by atoms with Gasteiger partial charge < -0.3 is 5.32 Å². The van der Waals surface area contributed by atoms with Crippen LogP contribution in [0.2, 0.25) is 0 Å². The fourth-order valence-electron chi connectivity index (χ4n) is 3.03. The molecule has 1 aliphatic rings. The van der Waals surface area contributed by atoms with Gasteiger partial charge in [0.2, 0.25) is 5.91 Å². The lowest BCUT2D eigenvalue weighted by Gasteiger charge is -2.35. The zero-order valence-corrected chi connectivity index (χ0v) is 13.2. The lowest BCUT2D eigenvalue weighted by Crippen LogP contribution is -2.48. The lowest BCUT2D eigenvalue weighted by molar-refractivity contribution is -0.126. The number of rotatable bonds is 6. The Hall–Kier alpha value is -1.68. The molecule has 1 unspecified atom stereocenters. The van der Waals surface area contributed by atoms with E-state index in [4.69, 9.17) is 0 Å². The fourth-order valence-corrected chi connectivity index (χ4v) is 3.03. The van der Waals surface area contributed by atoms with Crippen molar-refractivity contribution >= 4 is 5.91 Å². The predicted molar refractivity (Wildman–Crippen MR) is 87.1 cm³/mol. The number of piperidine rings is 1. The van der Waals surface area contributed by atoms with Crippen molar-refractivity contribution in [1.29, 1.82) is 0 Å². The lowest BCUT2D eigenvalue weighted by atomic mass is 9.89. The van der Waals surface area contributed by atoms with Gasteiger partial charge in [0, 0.05) is 6.54 Å². The minimum Gasteiger partial charge on any atom is -0.351 e. The van der Waals surface area contributed by atoms with E-state index in [0.717, 1.165) is 37.9 Å². The first-order valence-electron chi connectivity index (χ1n) is 7.97. The molecular formula is C18H25FN2O. The number of likely N-dealkylation sites (tertiary alicyclic amines) is 1. The second kappa shape index (κ2) is 8.08. The molecule has 0 aromatic heterocycles. The van der Waals surface area contributed by atoms with Crippen LogP contribution in [0.25, 0.3) is 0 Å². The number of amides is 1. The van der Waals surface area contributed by atoms with Gasteiger partial charge in [-0.15, -0.1) is 6.58 Å². The molecule has 0 saturated carbocycles. The Morgan fingerprint density at radius 3 is 2.86 bits per heavy atom. The molecule has 0 radical (unpaired) electrons. The molecule has 2 rings (SSSR count). The molecule has 0 bridgehead atoms. The maximum atomic E-state index is 13.2. The summed E-state index contributed by atoms with van der Waals surface area (Å²) in [4.78, 5) is 14.2. The molecule has 0 aliphatic carbocycles. The molecule has 120 valence electrons. The SMILES string of the molecule is C=CCNC(=O)C(C)N1CCC(Cc2cccc(F)c2)CC1. The van der Waals surface area contributed by atoms with Gasteiger partial charge in [0.25, 0.3) is 0 Å². The Bertz CT molecular complexity index is 510. The van der Waals surface area contributed by atoms with E-state index in [1.54, 1.807) is 18.2 Å². The smallest absolute Gasteiger partial charge is 0.237 e. The summed E-state index contributed by atoms with van der Waals surface area (Å²) in [6, 6.07) is 6.76. The molecule has 0 spiro atoms. The van der Waals surface area contributed by atoms with Gasteiger partial charge in [-0.3, -0.25) is 9.69 Å². The molecular weight excluding hydrogens is 279 g/mol. The second-order valence-corrected chi connectivity index (χ2v) is 6.02. The predicted octanol–water partition coefficient (Wildman–Crippen LogP) is 2.77. The number of carbonyl (C=O) groups is 1. The largest absolute Gasteiger partial charge is 0.351 e. The summed E-state index contributed by atoms with van der Waals surface area (Å²) >= 11 is 0. The summed E-state index contributed by atoms with van der Waals surface area (Å²) < 4.78 is 13.2. The third-order valence-electron chi connectivity index (χ3n) is 4.41. The minimum atomic E-state index is -0.164. The second-order valence-electron chi connectivity index (χ2n) is 6.02. The van der Waals surface area contributed by atoms with Crippen LogP contribution in [-0.2, 0) is 11.2 Å². The summed E-state index contributed by atoms with van der Waals surface area (Å²) in [5.41, 5.74) is 1.07. The molecule has 1 aliphatic heterocycles. The van der Waals surface area contributed by atoms with Crippen molar-refractivity contribution in [2.45, 2.75) is 32.2 Å². The quantitative estimate of drug-likeness (QED) is 0.820. The molecule has 1 heterocycles. The average molecular weight is 304 g/mol. The molecule has 4 heteroatoms. The van der Waals surface area contributed by atoms with Crippen molar-refractivity contribution in [3.8, 4) is 0 Å². The van der Waals surface area contributed by atoms with Gasteiger partial charge in [0.1, 0.15) is 5.82 Å². The standard InChI is InChI=1S/C18H25FN2O/c1-3-9-20-18(22)14(2)21-10-7-15(8-11-21)12-16-5-4-6-17(19)13-16/h3-6,13-15H,1,7-12H2,2H3,(H,20,22). The van der Waals surface area contributed by atoms with E-state index in [9.17, 15) is 9.18 Å². The Balaban J connectivity index is 1.80. The molecule has 1 fully saturated rings. The summed E-state index contributed by atoms with van der Waals surface area (Å²) in [5.74, 6) is 0.465. The number of hydrogen-bond donors (Lipinski definition) is 1. The van der Waals surface area contributed by atoms with E-state index in [1.807, 2.05) is 13.0 Å². The zero-order valence-electron chi connectivity index (χ0n) is 13.2. The number of halogens is 1. The average Bonchev–Trinajstić information content (AvgIpc) is 2.52. The van der Waals surface area contributed by atoms with Crippen LogP contribution in [0.1, 0.15) is 25.3 Å². The highest BCUT2D eigenvalue weighted by atomic mass is 19.1. The van der Waals surface area contributed by atoms with Crippen molar-refractivity contribution in [2.24, 2.45) is 5.92 Å². The van der Waals surface area contributed by atoms with Gasteiger partial charge >= 0.3 is 0 Å². The van der Waals surface area contributed by atoms with E-state index in [-0.39, 0.29) is 17.8 Å². The molecule has 1 atom stereocenters. The number of nitrogens with zero attached hydrogens (tertiary/aromatic N) is 1. The Kier molecular flexibility index (Phi) is 6.13. The van der Waals surface area contributed by atoms with Gasteiger partial charge in [-0.05, 0) is 62.9 Å². The topological polar surface area (TPSA) is 32.3 Å². The molecule has 1 aromatic rings.